The van der Waals surface area contributed by atoms with E-state index in [-0.39, 0.29) is 23.4 Å². The summed E-state index contributed by atoms with van der Waals surface area (Å²) in [5, 5.41) is 6.51. The molecule has 1 saturated heterocycles. The lowest BCUT2D eigenvalue weighted by atomic mass is 9.53. The molecule has 0 aromatic heterocycles. The number of benzene rings is 1. The second kappa shape index (κ2) is 7.83. The highest BCUT2D eigenvalue weighted by atomic mass is 32.2. The average molecular weight is 432 g/mol. The first-order valence-corrected chi connectivity index (χ1v) is 13.1. The van der Waals surface area contributed by atoms with Gasteiger partial charge in [0.15, 0.2) is 0 Å². The Morgan fingerprint density at radius 2 is 1.53 bits per heavy atom. The van der Waals surface area contributed by atoms with Gasteiger partial charge in [-0.15, -0.1) is 0 Å². The lowest BCUT2D eigenvalue weighted by Gasteiger charge is -2.56. The summed E-state index contributed by atoms with van der Waals surface area (Å²) < 4.78 is 27.0. The molecule has 30 heavy (non-hydrogen) atoms. The van der Waals surface area contributed by atoms with Crippen LogP contribution in [0.15, 0.2) is 30.3 Å². The fourth-order valence-corrected chi connectivity index (χ4v) is 8.44. The predicted molar refractivity (Wildman–Crippen MR) is 116 cm³/mol. The number of hydrogen-bond acceptors (Lipinski definition) is 3. The third-order valence-electron chi connectivity index (χ3n) is 7.79. The van der Waals surface area contributed by atoms with Crippen LogP contribution in [0.2, 0.25) is 0 Å². The van der Waals surface area contributed by atoms with Crippen LogP contribution in [0.25, 0.3) is 0 Å². The van der Waals surface area contributed by atoms with E-state index in [9.17, 15) is 13.2 Å². The molecule has 4 saturated carbocycles. The molecule has 0 unspecified atom stereocenters. The minimum atomic E-state index is -3.32. The minimum absolute atomic E-state index is 0.0125. The Kier molecular flexibility index (Phi) is 5.30. The van der Waals surface area contributed by atoms with Gasteiger partial charge >= 0.3 is 6.03 Å². The molecular weight excluding hydrogens is 398 g/mol. The molecule has 1 aliphatic heterocycles. The van der Waals surface area contributed by atoms with Gasteiger partial charge in [-0.25, -0.2) is 17.5 Å². The standard InChI is InChI=1S/C23H33N3O3S/c27-22(25-23-13-18-10-19(14-23)12-20(11-18)15-23)24-21-6-8-26(9-7-21)30(28,29)16-17-4-2-1-3-5-17/h1-5,18-21H,6-16H2,(H2,24,25,27). The van der Waals surface area contributed by atoms with Gasteiger partial charge in [0.1, 0.15) is 0 Å². The first kappa shape index (κ1) is 20.3. The van der Waals surface area contributed by atoms with Gasteiger partial charge in [0.05, 0.1) is 5.75 Å². The zero-order valence-corrected chi connectivity index (χ0v) is 18.4. The predicted octanol–water partition coefficient (Wildman–Crippen LogP) is 3.25. The quantitative estimate of drug-likeness (QED) is 0.751. The van der Waals surface area contributed by atoms with Gasteiger partial charge in [0, 0.05) is 24.7 Å². The van der Waals surface area contributed by atoms with Gasteiger partial charge < -0.3 is 10.6 Å². The van der Waals surface area contributed by atoms with E-state index in [1.807, 2.05) is 30.3 Å². The number of carbonyl (C=O) groups is 1. The highest BCUT2D eigenvalue weighted by Crippen LogP contribution is 2.55. The van der Waals surface area contributed by atoms with E-state index in [0.29, 0.717) is 25.9 Å². The largest absolute Gasteiger partial charge is 0.335 e. The fourth-order valence-electron chi connectivity index (χ4n) is 6.88. The number of hydrogen-bond donors (Lipinski definition) is 2. The molecule has 2 N–H and O–H groups in total. The summed E-state index contributed by atoms with van der Waals surface area (Å²) in [5.41, 5.74) is 0.825. The normalized spacial score (nSPS) is 34.1. The Hall–Kier alpha value is -1.60. The SMILES string of the molecule is O=C(NC1CCN(S(=O)(=O)Cc2ccccc2)CC1)NC12CC3CC(CC(C3)C1)C2. The van der Waals surface area contributed by atoms with Crippen molar-refractivity contribution in [1.82, 2.24) is 14.9 Å². The maximum atomic E-state index is 12.8. The molecule has 1 heterocycles. The topological polar surface area (TPSA) is 78.5 Å². The number of carbonyl (C=O) groups excluding carboxylic acids is 1. The second-order valence-electron chi connectivity index (χ2n) is 10.2. The first-order chi connectivity index (χ1) is 14.4. The van der Waals surface area contributed by atoms with Crippen molar-refractivity contribution < 1.29 is 13.2 Å². The molecule has 7 heteroatoms. The molecule has 0 radical (unpaired) electrons. The minimum Gasteiger partial charge on any atom is -0.335 e. The van der Waals surface area contributed by atoms with E-state index in [4.69, 9.17) is 0 Å². The molecule has 4 bridgehead atoms. The Bertz CT molecular complexity index is 843. The number of urea groups is 1. The maximum Gasteiger partial charge on any atom is 0.315 e. The number of rotatable bonds is 5. The Morgan fingerprint density at radius 1 is 0.967 bits per heavy atom. The van der Waals surface area contributed by atoms with Crippen LogP contribution in [0.3, 0.4) is 0 Å². The molecule has 1 aromatic rings. The van der Waals surface area contributed by atoms with Crippen LogP contribution in [-0.2, 0) is 15.8 Å². The molecular formula is C23H33N3O3S. The van der Waals surface area contributed by atoms with Gasteiger partial charge in [-0.05, 0) is 74.7 Å². The molecule has 0 spiro atoms. The van der Waals surface area contributed by atoms with E-state index in [1.54, 1.807) is 4.31 Å². The molecule has 164 valence electrons. The summed E-state index contributed by atoms with van der Waals surface area (Å²) in [5.74, 6) is 2.44. The van der Waals surface area contributed by atoms with Gasteiger partial charge in [-0.1, -0.05) is 30.3 Å². The van der Waals surface area contributed by atoms with Gasteiger partial charge in [-0.3, -0.25) is 0 Å². The van der Waals surface area contributed by atoms with Crippen LogP contribution in [0.5, 0.6) is 0 Å². The van der Waals surface area contributed by atoms with E-state index >= 15 is 0 Å². The molecule has 5 aliphatic rings. The summed E-state index contributed by atoms with van der Waals surface area (Å²) in [6.07, 6.45) is 8.84. The van der Waals surface area contributed by atoms with Crippen LogP contribution < -0.4 is 10.6 Å². The van der Waals surface area contributed by atoms with Crippen molar-refractivity contribution in [2.75, 3.05) is 13.1 Å². The highest BCUT2D eigenvalue weighted by Gasteiger charge is 2.51. The third kappa shape index (κ3) is 4.24. The fraction of sp³-hybridized carbons (Fsp3) is 0.696. The van der Waals surface area contributed by atoms with Crippen molar-refractivity contribution in [2.45, 2.75) is 68.7 Å². The van der Waals surface area contributed by atoms with E-state index < -0.39 is 10.0 Å². The molecule has 2 amide bonds. The second-order valence-corrected chi connectivity index (χ2v) is 12.2. The third-order valence-corrected chi connectivity index (χ3v) is 9.64. The van der Waals surface area contributed by atoms with E-state index in [2.05, 4.69) is 10.6 Å². The monoisotopic (exact) mass is 431 g/mol. The van der Waals surface area contributed by atoms with E-state index in [1.165, 1.54) is 19.3 Å². The first-order valence-electron chi connectivity index (χ1n) is 11.5. The zero-order chi connectivity index (χ0) is 20.8. The number of nitrogens with zero attached hydrogens (tertiary/aromatic N) is 1. The van der Waals surface area contributed by atoms with Crippen molar-refractivity contribution >= 4 is 16.1 Å². The number of sulfonamides is 1. The molecule has 6 rings (SSSR count). The van der Waals surface area contributed by atoms with Crippen molar-refractivity contribution in [1.29, 1.82) is 0 Å². The smallest absolute Gasteiger partial charge is 0.315 e. The summed E-state index contributed by atoms with van der Waals surface area (Å²) in [7, 11) is -3.32. The summed E-state index contributed by atoms with van der Waals surface area (Å²) in [6, 6.07) is 9.31. The Balaban J connectivity index is 1.12. The van der Waals surface area contributed by atoms with Crippen LogP contribution in [0, 0.1) is 17.8 Å². The lowest BCUT2D eigenvalue weighted by molar-refractivity contribution is -0.0137. The molecule has 5 fully saturated rings. The lowest BCUT2D eigenvalue weighted by Crippen LogP contribution is -2.62. The van der Waals surface area contributed by atoms with Crippen LogP contribution in [0.1, 0.15) is 56.9 Å². The van der Waals surface area contributed by atoms with Crippen molar-refractivity contribution in [2.24, 2.45) is 17.8 Å². The molecule has 1 aromatic carbocycles. The van der Waals surface area contributed by atoms with Crippen molar-refractivity contribution in [3.05, 3.63) is 35.9 Å². The molecule has 4 aliphatic carbocycles. The molecule has 0 atom stereocenters. The maximum absolute atomic E-state index is 12.8. The average Bonchev–Trinajstić information content (AvgIpc) is 2.67. The summed E-state index contributed by atoms with van der Waals surface area (Å²) in [6.45, 7) is 0.939. The van der Waals surface area contributed by atoms with Crippen LogP contribution >= 0.6 is 0 Å². The summed E-state index contributed by atoms with van der Waals surface area (Å²) in [4.78, 5) is 12.8. The zero-order valence-electron chi connectivity index (χ0n) is 17.6. The number of piperidine rings is 1. The Morgan fingerprint density at radius 3 is 2.10 bits per heavy atom. The molecule has 6 nitrogen and oxygen atoms in total. The van der Waals surface area contributed by atoms with Crippen LogP contribution in [-0.4, -0.2) is 43.4 Å². The number of nitrogens with one attached hydrogen (secondary N) is 2. The van der Waals surface area contributed by atoms with Crippen molar-refractivity contribution in [3.63, 3.8) is 0 Å². The van der Waals surface area contributed by atoms with Crippen molar-refractivity contribution in [3.8, 4) is 0 Å². The van der Waals surface area contributed by atoms with E-state index in [0.717, 1.165) is 42.6 Å². The summed E-state index contributed by atoms with van der Waals surface area (Å²) >= 11 is 0. The van der Waals surface area contributed by atoms with Gasteiger partial charge in [-0.2, -0.15) is 0 Å². The Labute approximate surface area is 179 Å². The highest BCUT2D eigenvalue weighted by molar-refractivity contribution is 7.88. The van der Waals surface area contributed by atoms with Gasteiger partial charge in [0.25, 0.3) is 0 Å². The number of amides is 2. The van der Waals surface area contributed by atoms with Gasteiger partial charge in [0.2, 0.25) is 10.0 Å². The van der Waals surface area contributed by atoms with Crippen LogP contribution in [0.4, 0.5) is 4.79 Å².